The molecule has 1 aliphatic heterocycles. The van der Waals surface area contributed by atoms with Crippen LogP contribution in [-0.2, 0) is 11.2 Å². The average Bonchev–Trinajstić information content (AvgIpc) is 2.92. The van der Waals surface area contributed by atoms with Crippen molar-refractivity contribution in [3.8, 4) is 6.07 Å². The number of hydrogen-bond acceptors (Lipinski definition) is 5. The van der Waals surface area contributed by atoms with Crippen LogP contribution in [-0.4, -0.2) is 34.4 Å². The molecule has 0 amide bonds. The summed E-state index contributed by atoms with van der Waals surface area (Å²) in [5, 5.41) is 15.7. The van der Waals surface area contributed by atoms with Crippen LogP contribution in [0.3, 0.4) is 0 Å². The predicted molar refractivity (Wildman–Crippen MR) is 86.6 cm³/mol. The number of hydrogen-bond donors (Lipinski definition) is 2. The Labute approximate surface area is 134 Å². The van der Waals surface area contributed by atoms with E-state index in [1.165, 1.54) is 10.6 Å². The number of nitrogens with one attached hydrogen (secondary N) is 2. The molecule has 2 aromatic rings. The fourth-order valence-electron chi connectivity index (χ4n) is 2.90. The molecule has 0 bridgehead atoms. The topological polar surface area (TPSA) is 95.2 Å². The first-order chi connectivity index (χ1) is 11.2. The van der Waals surface area contributed by atoms with Crippen LogP contribution in [0.25, 0.3) is 5.65 Å². The molecule has 7 heteroatoms. The second kappa shape index (κ2) is 6.84. The van der Waals surface area contributed by atoms with E-state index in [4.69, 9.17) is 4.74 Å². The van der Waals surface area contributed by atoms with Crippen molar-refractivity contribution in [1.82, 2.24) is 14.6 Å². The van der Waals surface area contributed by atoms with E-state index in [1.54, 1.807) is 0 Å². The summed E-state index contributed by atoms with van der Waals surface area (Å²) in [4.78, 5) is 16.7. The Morgan fingerprint density at radius 3 is 3.00 bits per heavy atom. The molecule has 7 nitrogen and oxygen atoms in total. The van der Waals surface area contributed by atoms with Gasteiger partial charge in [-0.3, -0.25) is 9.89 Å². The molecule has 3 rings (SSSR count). The van der Waals surface area contributed by atoms with Crippen LogP contribution in [0.5, 0.6) is 0 Å². The van der Waals surface area contributed by atoms with Gasteiger partial charge in [0.05, 0.1) is 0 Å². The van der Waals surface area contributed by atoms with Crippen molar-refractivity contribution in [3.05, 3.63) is 27.7 Å². The van der Waals surface area contributed by atoms with E-state index in [1.807, 2.05) is 6.92 Å². The standard InChI is InChI=1S/C16H21N5O2/c1-2-3-12-8-14(22)21-16(19-12)13(9-17)15(20-21)18-10-11-4-6-23-7-5-11/h8,11,18,20H,2-7,10H2,1H3. The Kier molecular flexibility index (Phi) is 4.63. The summed E-state index contributed by atoms with van der Waals surface area (Å²) < 4.78 is 6.69. The minimum absolute atomic E-state index is 0.186. The van der Waals surface area contributed by atoms with Crippen molar-refractivity contribution in [2.24, 2.45) is 5.92 Å². The van der Waals surface area contributed by atoms with Crippen molar-refractivity contribution in [2.45, 2.75) is 32.6 Å². The van der Waals surface area contributed by atoms with E-state index in [2.05, 4.69) is 21.5 Å². The molecule has 0 atom stereocenters. The second-order valence-electron chi connectivity index (χ2n) is 5.90. The van der Waals surface area contributed by atoms with E-state index in [-0.39, 0.29) is 5.56 Å². The fourth-order valence-corrected chi connectivity index (χ4v) is 2.90. The van der Waals surface area contributed by atoms with Crippen molar-refractivity contribution in [2.75, 3.05) is 25.1 Å². The van der Waals surface area contributed by atoms with E-state index in [0.29, 0.717) is 22.9 Å². The summed E-state index contributed by atoms with van der Waals surface area (Å²) in [5.74, 6) is 1.08. The molecule has 3 heterocycles. The van der Waals surface area contributed by atoms with Crippen LogP contribution in [0, 0.1) is 17.2 Å². The Hall–Kier alpha value is -2.33. The molecule has 0 saturated carbocycles. The Morgan fingerprint density at radius 1 is 1.52 bits per heavy atom. The van der Waals surface area contributed by atoms with Gasteiger partial charge in [0, 0.05) is 31.5 Å². The maximum atomic E-state index is 12.2. The minimum Gasteiger partial charge on any atom is -0.381 e. The average molecular weight is 315 g/mol. The lowest BCUT2D eigenvalue weighted by molar-refractivity contribution is 0.0699. The van der Waals surface area contributed by atoms with Gasteiger partial charge in [0.25, 0.3) is 5.56 Å². The van der Waals surface area contributed by atoms with Gasteiger partial charge in [0.1, 0.15) is 17.5 Å². The largest absolute Gasteiger partial charge is 0.381 e. The maximum Gasteiger partial charge on any atom is 0.272 e. The first kappa shape index (κ1) is 15.6. The van der Waals surface area contributed by atoms with E-state index in [9.17, 15) is 10.1 Å². The third-order valence-corrected chi connectivity index (χ3v) is 4.20. The number of anilines is 1. The van der Waals surface area contributed by atoms with Crippen LogP contribution in [0.2, 0.25) is 0 Å². The van der Waals surface area contributed by atoms with Crippen LogP contribution < -0.4 is 10.9 Å². The fraction of sp³-hybridized carbons (Fsp3) is 0.562. The SMILES string of the molecule is CCCc1cc(=O)n2[nH]c(NCC3CCOCC3)c(C#N)c2n1. The van der Waals surface area contributed by atoms with Gasteiger partial charge in [0.15, 0.2) is 5.65 Å². The third-order valence-electron chi connectivity index (χ3n) is 4.20. The quantitative estimate of drug-likeness (QED) is 0.875. The minimum atomic E-state index is -0.186. The van der Waals surface area contributed by atoms with Crippen molar-refractivity contribution < 1.29 is 4.74 Å². The lowest BCUT2D eigenvalue weighted by Crippen LogP contribution is -2.23. The van der Waals surface area contributed by atoms with Crippen molar-refractivity contribution in [3.63, 3.8) is 0 Å². The van der Waals surface area contributed by atoms with Gasteiger partial charge in [-0.25, -0.2) is 4.98 Å². The number of ether oxygens (including phenoxy) is 1. The predicted octanol–water partition coefficient (Wildman–Crippen LogP) is 1.69. The smallest absolute Gasteiger partial charge is 0.272 e. The summed E-state index contributed by atoms with van der Waals surface area (Å²) in [6.45, 7) is 4.35. The van der Waals surface area contributed by atoms with Gasteiger partial charge in [-0.15, -0.1) is 0 Å². The summed E-state index contributed by atoms with van der Waals surface area (Å²) in [5.41, 5.74) is 1.34. The Bertz CT molecular complexity index is 780. The first-order valence-corrected chi connectivity index (χ1v) is 8.09. The number of aromatic nitrogens is 3. The molecule has 23 heavy (non-hydrogen) atoms. The number of aromatic amines is 1. The number of H-pyrrole nitrogens is 1. The van der Waals surface area contributed by atoms with Crippen LogP contribution in [0.1, 0.15) is 37.4 Å². The number of fused-ring (bicyclic) bond motifs is 1. The molecule has 0 aromatic carbocycles. The van der Waals surface area contributed by atoms with Gasteiger partial charge < -0.3 is 10.1 Å². The van der Waals surface area contributed by atoms with Gasteiger partial charge in [-0.2, -0.15) is 9.78 Å². The highest BCUT2D eigenvalue weighted by molar-refractivity contribution is 5.67. The van der Waals surface area contributed by atoms with Crippen LogP contribution >= 0.6 is 0 Å². The van der Waals surface area contributed by atoms with Gasteiger partial charge in [-0.05, 0) is 25.2 Å². The molecular formula is C16H21N5O2. The zero-order valence-electron chi connectivity index (χ0n) is 13.3. The molecule has 0 unspecified atom stereocenters. The van der Waals surface area contributed by atoms with Gasteiger partial charge >= 0.3 is 0 Å². The molecule has 0 radical (unpaired) electrons. The molecule has 1 saturated heterocycles. The third kappa shape index (κ3) is 3.22. The number of nitriles is 1. The van der Waals surface area contributed by atoms with E-state index < -0.39 is 0 Å². The monoisotopic (exact) mass is 315 g/mol. The summed E-state index contributed by atoms with van der Waals surface area (Å²) in [7, 11) is 0. The molecule has 1 fully saturated rings. The Balaban J connectivity index is 1.89. The normalized spacial score (nSPS) is 15.7. The zero-order valence-corrected chi connectivity index (χ0v) is 13.3. The summed E-state index contributed by atoms with van der Waals surface area (Å²) >= 11 is 0. The zero-order chi connectivity index (χ0) is 16.2. The molecular weight excluding hydrogens is 294 g/mol. The van der Waals surface area contributed by atoms with Gasteiger partial charge in [-0.1, -0.05) is 13.3 Å². The molecule has 0 aliphatic carbocycles. The number of aryl methyl sites for hydroxylation is 1. The van der Waals surface area contributed by atoms with Gasteiger partial charge in [0.2, 0.25) is 0 Å². The highest BCUT2D eigenvalue weighted by Crippen LogP contribution is 2.20. The molecule has 2 aromatic heterocycles. The van der Waals surface area contributed by atoms with Crippen molar-refractivity contribution >= 4 is 11.5 Å². The second-order valence-corrected chi connectivity index (χ2v) is 5.90. The molecule has 122 valence electrons. The maximum absolute atomic E-state index is 12.2. The first-order valence-electron chi connectivity index (χ1n) is 8.09. The highest BCUT2D eigenvalue weighted by Gasteiger charge is 2.18. The lowest BCUT2D eigenvalue weighted by Gasteiger charge is -2.22. The van der Waals surface area contributed by atoms with E-state index in [0.717, 1.165) is 51.1 Å². The highest BCUT2D eigenvalue weighted by atomic mass is 16.5. The summed E-state index contributed by atoms with van der Waals surface area (Å²) in [6, 6.07) is 3.69. The number of nitrogens with zero attached hydrogens (tertiary/aromatic N) is 3. The van der Waals surface area contributed by atoms with E-state index >= 15 is 0 Å². The van der Waals surface area contributed by atoms with Crippen LogP contribution in [0.4, 0.5) is 5.82 Å². The molecule has 1 aliphatic rings. The molecule has 2 N–H and O–H groups in total. The lowest BCUT2D eigenvalue weighted by atomic mass is 10.0. The number of rotatable bonds is 5. The Morgan fingerprint density at radius 2 is 2.30 bits per heavy atom. The summed E-state index contributed by atoms with van der Waals surface area (Å²) in [6.07, 6.45) is 3.65. The van der Waals surface area contributed by atoms with Crippen LogP contribution in [0.15, 0.2) is 10.9 Å². The van der Waals surface area contributed by atoms with Crippen molar-refractivity contribution in [1.29, 1.82) is 5.26 Å². The molecule has 0 spiro atoms.